The smallest absolute Gasteiger partial charge is 0.250 e. The van der Waals surface area contributed by atoms with Crippen molar-refractivity contribution in [2.75, 3.05) is 6.54 Å². The van der Waals surface area contributed by atoms with Gasteiger partial charge in [0, 0.05) is 6.42 Å². The summed E-state index contributed by atoms with van der Waals surface area (Å²) in [5.74, 6) is 1.83. The molecular weight excluding hydrogens is 378 g/mol. The Balaban J connectivity index is 0.00000625. The lowest BCUT2D eigenvalue weighted by molar-refractivity contribution is -0.366. The Bertz CT molecular complexity index is 590. The van der Waals surface area contributed by atoms with Crippen LogP contribution in [0.3, 0.4) is 0 Å². The van der Waals surface area contributed by atoms with E-state index >= 15 is 0 Å². The van der Waals surface area contributed by atoms with E-state index in [1.54, 1.807) is 0 Å². The van der Waals surface area contributed by atoms with Crippen molar-refractivity contribution in [1.29, 1.82) is 0 Å². The second-order valence-electron chi connectivity index (χ2n) is 10.1. The van der Waals surface area contributed by atoms with Gasteiger partial charge in [-0.25, -0.2) is 0 Å². The number of hydrogen-bond donors (Lipinski definition) is 1. The van der Waals surface area contributed by atoms with Crippen LogP contribution in [0.5, 0.6) is 11.5 Å². The van der Waals surface area contributed by atoms with Crippen LogP contribution in [0.25, 0.3) is 0 Å². The lowest BCUT2D eigenvalue weighted by Crippen LogP contribution is -3.00. The van der Waals surface area contributed by atoms with Crippen LogP contribution in [0.2, 0.25) is 36.3 Å². The van der Waals surface area contributed by atoms with Gasteiger partial charge in [-0.3, -0.25) is 0 Å². The fourth-order valence-electron chi connectivity index (χ4n) is 1.93. The molecule has 0 aliphatic carbocycles. The molecule has 0 bridgehead atoms. The summed E-state index contributed by atoms with van der Waals surface area (Å²) in [6.45, 7) is 23.7. The van der Waals surface area contributed by atoms with E-state index in [1.165, 1.54) is 5.56 Å². The molecule has 0 aliphatic rings. The van der Waals surface area contributed by atoms with E-state index < -0.39 is 16.6 Å². The molecule has 0 aromatic heterocycles. The van der Waals surface area contributed by atoms with Gasteiger partial charge in [0.25, 0.3) is 16.6 Å². The average molecular weight is 418 g/mol. The number of quaternary nitrogens is 1. The fraction of sp³-hybridized carbons (Fsp3) is 0.700. The van der Waals surface area contributed by atoms with Gasteiger partial charge in [0.15, 0.2) is 0 Å². The van der Waals surface area contributed by atoms with Crippen molar-refractivity contribution in [2.45, 2.75) is 84.2 Å². The first-order valence-electron chi connectivity index (χ1n) is 9.41. The van der Waals surface area contributed by atoms with Crippen LogP contribution in [0, 0.1) is 0 Å². The number of benzene rings is 1. The first-order valence-corrected chi connectivity index (χ1v) is 15.2. The standard InChI is InChI=1S/C20H39NO2Si2.ClH/c1-19(2,3)24(7,8)22-17-12-11-16(13-14-21)15-18(17)23-25(9,10)20(4,5)6;/h11-12,15H,13-14,21H2,1-10H3;1H. The predicted octanol–water partition coefficient (Wildman–Crippen LogP) is 2.24. The molecule has 0 amide bonds. The Hall–Kier alpha value is -0.496. The number of hydrogen-bond acceptors (Lipinski definition) is 2. The van der Waals surface area contributed by atoms with Gasteiger partial charge < -0.3 is 27.0 Å². The minimum atomic E-state index is -1.92. The monoisotopic (exact) mass is 417 g/mol. The summed E-state index contributed by atoms with van der Waals surface area (Å²) >= 11 is 0. The van der Waals surface area contributed by atoms with Crippen molar-refractivity contribution in [3.63, 3.8) is 0 Å². The van der Waals surface area contributed by atoms with Crippen molar-refractivity contribution in [3.05, 3.63) is 23.8 Å². The fourth-order valence-corrected chi connectivity index (χ4v) is 3.97. The maximum Gasteiger partial charge on any atom is 0.250 e. The van der Waals surface area contributed by atoms with Crippen LogP contribution < -0.4 is 27.0 Å². The summed E-state index contributed by atoms with van der Waals surface area (Å²) in [4.78, 5) is 0. The summed E-state index contributed by atoms with van der Waals surface area (Å²) in [7, 11) is -3.84. The normalized spacial score (nSPS) is 13.2. The maximum atomic E-state index is 6.66. The highest BCUT2D eigenvalue weighted by Crippen LogP contribution is 2.43. The van der Waals surface area contributed by atoms with Gasteiger partial charge in [-0.05, 0) is 54.0 Å². The third-order valence-electron chi connectivity index (χ3n) is 5.82. The Morgan fingerprint density at radius 1 is 0.808 bits per heavy atom. The molecule has 0 atom stereocenters. The van der Waals surface area contributed by atoms with E-state index in [0.29, 0.717) is 0 Å². The highest BCUT2D eigenvalue weighted by Gasteiger charge is 2.42. The van der Waals surface area contributed by atoms with Crippen molar-refractivity contribution in [1.82, 2.24) is 0 Å². The maximum absolute atomic E-state index is 6.66. The summed E-state index contributed by atoms with van der Waals surface area (Å²) in [5.41, 5.74) is 5.25. The van der Waals surface area contributed by atoms with Crippen LogP contribution in [-0.2, 0) is 6.42 Å². The summed E-state index contributed by atoms with van der Waals surface area (Å²) in [6.07, 6.45) is 0.967. The molecule has 152 valence electrons. The number of rotatable bonds is 6. The molecule has 3 nitrogen and oxygen atoms in total. The molecule has 1 aromatic carbocycles. The van der Waals surface area contributed by atoms with Crippen LogP contribution >= 0.6 is 0 Å². The quantitative estimate of drug-likeness (QED) is 0.721. The summed E-state index contributed by atoms with van der Waals surface area (Å²) in [6, 6.07) is 6.44. The van der Waals surface area contributed by atoms with Crippen molar-refractivity contribution in [3.8, 4) is 11.5 Å². The lowest BCUT2D eigenvalue weighted by Gasteiger charge is -2.39. The zero-order valence-corrected chi connectivity index (χ0v) is 21.3. The third kappa shape index (κ3) is 6.29. The molecule has 0 radical (unpaired) electrons. The van der Waals surface area contributed by atoms with Gasteiger partial charge in [-0.2, -0.15) is 0 Å². The highest BCUT2D eigenvalue weighted by molar-refractivity contribution is 6.75. The predicted molar refractivity (Wildman–Crippen MR) is 114 cm³/mol. The zero-order chi connectivity index (χ0) is 19.7. The zero-order valence-electron chi connectivity index (χ0n) is 18.5. The van der Waals surface area contributed by atoms with E-state index in [2.05, 4.69) is 91.7 Å². The first kappa shape index (κ1) is 25.5. The van der Waals surface area contributed by atoms with E-state index in [4.69, 9.17) is 8.85 Å². The van der Waals surface area contributed by atoms with E-state index in [1.807, 2.05) is 0 Å². The molecule has 26 heavy (non-hydrogen) atoms. The highest BCUT2D eigenvalue weighted by atomic mass is 35.5. The molecule has 1 aromatic rings. The molecule has 0 aliphatic heterocycles. The van der Waals surface area contributed by atoms with Gasteiger partial charge in [0.2, 0.25) is 0 Å². The minimum absolute atomic E-state index is 0. The number of halogens is 1. The molecule has 6 heteroatoms. The Morgan fingerprint density at radius 2 is 1.23 bits per heavy atom. The van der Waals surface area contributed by atoms with Crippen LogP contribution in [-0.4, -0.2) is 23.2 Å². The molecule has 1 rings (SSSR count). The molecule has 0 heterocycles. The second-order valence-corrected chi connectivity index (χ2v) is 19.6. The van der Waals surface area contributed by atoms with Gasteiger partial charge in [-0.1, -0.05) is 47.6 Å². The molecule has 0 saturated heterocycles. The Kier molecular flexibility index (Phi) is 8.51. The lowest BCUT2D eigenvalue weighted by atomic mass is 10.1. The van der Waals surface area contributed by atoms with Gasteiger partial charge >= 0.3 is 0 Å². The van der Waals surface area contributed by atoms with Crippen molar-refractivity contribution < 1.29 is 27.0 Å². The van der Waals surface area contributed by atoms with Crippen LogP contribution in [0.4, 0.5) is 0 Å². The SMILES string of the molecule is CC(C)(C)[Si](C)(C)Oc1ccc(CC[NH3+])cc1O[Si](C)(C)C(C)(C)C.[Cl-]. The van der Waals surface area contributed by atoms with E-state index in [0.717, 1.165) is 24.5 Å². The van der Waals surface area contributed by atoms with Crippen LogP contribution in [0.1, 0.15) is 47.1 Å². The third-order valence-corrected chi connectivity index (χ3v) is 14.5. The summed E-state index contributed by atoms with van der Waals surface area (Å²) in [5, 5.41) is 0.316. The second kappa shape index (κ2) is 8.67. The molecule has 0 spiro atoms. The largest absolute Gasteiger partial charge is 1.00 e. The minimum Gasteiger partial charge on any atom is -1.00 e. The van der Waals surface area contributed by atoms with Gasteiger partial charge in [-0.15, -0.1) is 0 Å². The average Bonchev–Trinajstić information content (AvgIpc) is 2.39. The Labute approximate surface area is 169 Å². The Morgan fingerprint density at radius 3 is 1.62 bits per heavy atom. The van der Waals surface area contributed by atoms with E-state index in [9.17, 15) is 0 Å². The van der Waals surface area contributed by atoms with E-state index in [-0.39, 0.29) is 22.5 Å². The molecular formula is C20H40ClNO2Si2. The van der Waals surface area contributed by atoms with Crippen molar-refractivity contribution in [2.24, 2.45) is 0 Å². The summed E-state index contributed by atoms with van der Waals surface area (Å²) < 4.78 is 13.3. The van der Waals surface area contributed by atoms with Gasteiger partial charge in [0.05, 0.1) is 6.54 Å². The van der Waals surface area contributed by atoms with Gasteiger partial charge in [0.1, 0.15) is 11.5 Å². The van der Waals surface area contributed by atoms with Crippen molar-refractivity contribution >= 4 is 16.6 Å². The topological polar surface area (TPSA) is 46.1 Å². The van der Waals surface area contributed by atoms with Crippen LogP contribution in [0.15, 0.2) is 18.2 Å². The molecule has 3 N–H and O–H groups in total. The first-order chi connectivity index (χ1) is 11.1. The molecule has 0 fully saturated rings. The molecule has 0 unspecified atom stereocenters. The molecule has 0 saturated carbocycles.